The Morgan fingerprint density at radius 3 is 2.31 bits per heavy atom. The van der Waals surface area contributed by atoms with E-state index in [2.05, 4.69) is 60.5 Å². The number of hydrogen-bond acceptors (Lipinski definition) is 3. The van der Waals surface area contributed by atoms with Crippen LogP contribution in [0.4, 0.5) is 11.4 Å². The van der Waals surface area contributed by atoms with Crippen LogP contribution in [0.1, 0.15) is 26.7 Å². The van der Waals surface area contributed by atoms with Crippen molar-refractivity contribution in [3.63, 3.8) is 0 Å². The lowest BCUT2D eigenvalue weighted by molar-refractivity contribution is 0.418. The van der Waals surface area contributed by atoms with Crippen LogP contribution in [0.15, 0.2) is 24.3 Å². The standard InChI is InChI=1S/C13H18N2S/c1-12(2)9-13(7-8-16-12)14-10-5-3-4-6-11(10)15-13/h3-6,14-15H,7-9H2,1-2H3. The number of benzene rings is 1. The second-order valence-electron chi connectivity index (χ2n) is 5.41. The normalized spacial score (nSPS) is 24.6. The zero-order valence-electron chi connectivity index (χ0n) is 9.84. The summed E-state index contributed by atoms with van der Waals surface area (Å²) in [5.41, 5.74) is 2.61. The molecule has 0 aliphatic carbocycles. The van der Waals surface area contributed by atoms with Gasteiger partial charge in [-0.15, -0.1) is 0 Å². The van der Waals surface area contributed by atoms with Gasteiger partial charge in [-0.05, 0) is 24.3 Å². The second kappa shape index (κ2) is 3.33. The van der Waals surface area contributed by atoms with Crippen molar-refractivity contribution in [1.29, 1.82) is 0 Å². The molecule has 2 aliphatic heterocycles. The zero-order chi connectivity index (χ0) is 11.2. The Hall–Kier alpha value is -0.830. The molecule has 0 atom stereocenters. The molecule has 0 aromatic heterocycles. The van der Waals surface area contributed by atoms with E-state index in [-0.39, 0.29) is 5.66 Å². The van der Waals surface area contributed by atoms with Crippen LogP contribution in [0.25, 0.3) is 0 Å². The van der Waals surface area contributed by atoms with Crippen LogP contribution >= 0.6 is 11.8 Å². The number of nitrogens with one attached hydrogen (secondary N) is 2. The van der Waals surface area contributed by atoms with Gasteiger partial charge in [0, 0.05) is 11.2 Å². The van der Waals surface area contributed by atoms with Crippen molar-refractivity contribution in [3.05, 3.63) is 24.3 Å². The predicted molar refractivity (Wildman–Crippen MR) is 72.2 cm³/mol. The zero-order valence-corrected chi connectivity index (χ0v) is 10.7. The van der Waals surface area contributed by atoms with E-state index in [4.69, 9.17) is 0 Å². The van der Waals surface area contributed by atoms with Crippen LogP contribution < -0.4 is 10.6 Å². The third-order valence-electron chi connectivity index (χ3n) is 3.42. The Kier molecular flexibility index (Phi) is 2.15. The van der Waals surface area contributed by atoms with Crippen LogP contribution in [0, 0.1) is 0 Å². The Morgan fingerprint density at radius 2 is 1.75 bits per heavy atom. The first-order valence-corrected chi connectivity index (χ1v) is 6.87. The summed E-state index contributed by atoms with van der Waals surface area (Å²) < 4.78 is 0.361. The summed E-state index contributed by atoms with van der Waals surface area (Å²) in [5.74, 6) is 1.22. The van der Waals surface area contributed by atoms with Crippen LogP contribution in [0.5, 0.6) is 0 Å². The summed E-state index contributed by atoms with van der Waals surface area (Å²) in [5, 5.41) is 7.36. The summed E-state index contributed by atoms with van der Waals surface area (Å²) in [7, 11) is 0. The molecular weight excluding hydrogens is 216 g/mol. The number of thioether (sulfide) groups is 1. The average Bonchev–Trinajstić information content (AvgIpc) is 2.52. The molecule has 2 aliphatic rings. The molecule has 1 fully saturated rings. The maximum atomic E-state index is 3.68. The van der Waals surface area contributed by atoms with Crippen molar-refractivity contribution in [1.82, 2.24) is 0 Å². The largest absolute Gasteiger partial charge is 0.361 e. The first-order valence-electron chi connectivity index (χ1n) is 5.88. The summed E-state index contributed by atoms with van der Waals surface area (Å²) in [6, 6.07) is 8.50. The van der Waals surface area contributed by atoms with Gasteiger partial charge >= 0.3 is 0 Å². The number of rotatable bonds is 0. The summed E-state index contributed by atoms with van der Waals surface area (Å²) in [4.78, 5) is 0. The molecule has 0 unspecified atom stereocenters. The minimum absolute atomic E-state index is 0.0957. The SMILES string of the molecule is CC1(C)CC2(CCS1)Nc1ccccc1N2. The third kappa shape index (κ3) is 1.67. The van der Waals surface area contributed by atoms with Gasteiger partial charge in [-0.25, -0.2) is 0 Å². The van der Waals surface area contributed by atoms with E-state index >= 15 is 0 Å². The number of hydrogen-bond donors (Lipinski definition) is 2. The third-order valence-corrected chi connectivity index (χ3v) is 4.76. The molecule has 0 saturated carbocycles. The van der Waals surface area contributed by atoms with Gasteiger partial charge in [0.05, 0.1) is 11.4 Å². The Morgan fingerprint density at radius 1 is 1.12 bits per heavy atom. The molecule has 0 amide bonds. The molecule has 1 aromatic rings. The summed E-state index contributed by atoms with van der Waals surface area (Å²) in [6.07, 6.45) is 2.36. The minimum Gasteiger partial charge on any atom is -0.361 e. The predicted octanol–water partition coefficient (Wildman–Crippen LogP) is 3.53. The van der Waals surface area contributed by atoms with Gasteiger partial charge in [0.25, 0.3) is 0 Å². The fourth-order valence-corrected chi connectivity index (χ4v) is 4.18. The molecule has 2 nitrogen and oxygen atoms in total. The van der Waals surface area contributed by atoms with Crippen molar-refractivity contribution < 1.29 is 0 Å². The van der Waals surface area contributed by atoms with E-state index in [0.717, 1.165) is 0 Å². The van der Waals surface area contributed by atoms with Gasteiger partial charge in [-0.1, -0.05) is 26.0 Å². The van der Waals surface area contributed by atoms with Crippen molar-refractivity contribution in [3.8, 4) is 0 Å². The number of fused-ring (bicyclic) bond motifs is 1. The smallest absolute Gasteiger partial charge is 0.110 e. The molecular formula is C13H18N2S. The Bertz CT molecular complexity index is 389. The van der Waals surface area contributed by atoms with E-state index in [0.29, 0.717) is 4.75 Å². The van der Waals surface area contributed by atoms with Crippen LogP contribution in [0.3, 0.4) is 0 Å². The van der Waals surface area contributed by atoms with Crippen LogP contribution in [-0.2, 0) is 0 Å². The van der Waals surface area contributed by atoms with E-state index in [9.17, 15) is 0 Å². The first-order chi connectivity index (χ1) is 7.59. The van der Waals surface area contributed by atoms with E-state index in [1.54, 1.807) is 0 Å². The maximum absolute atomic E-state index is 3.68. The van der Waals surface area contributed by atoms with Crippen molar-refractivity contribution in [2.45, 2.75) is 37.1 Å². The lowest BCUT2D eigenvalue weighted by Gasteiger charge is -2.42. The Labute approximate surface area is 101 Å². The van der Waals surface area contributed by atoms with Gasteiger partial charge in [-0.2, -0.15) is 11.8 Å². The molecule has 2 N–H and O–H groups in total. The summed E-state index contributed by atoms with van der Waals surface area (Å²) in [6.45, 7) is 4.68. The van der Waals surface area contributed by atoms with Crippen molar-refractivity contribution >= 4 is 23.1 Å². The quantitative estimate of drug-likeness (QED) is 0.718. The fraction of sp³-hybridized carbons (Fsp3) is 0.538. The molecule has 1 saturated heterocycles. The molecule has 86 valence electrons. The van der Waals surface area contributed by atoms with Gasteiger partial charge in [0.2, 0.25) is 0 Å². The van der Waals surface area contributed by atoms with E-state index < -0.39 is 0 Å². The highest BCUT2D eigenvalue weighted by molar-refractivity contribution is 8.00. The number of anilines is 2. The molecule has 0 radical (unpaired) electrons. The van der Waals surface area contributed by atoms with Crippen molar-refractivity contribution in [2.75, 3.05) is 16.4 Å². The van der Waals surface area contributed by atoms with Gasteiger partial charge in [-0.3, -0.25) is 0 Å². The van der Waals surface area contributed by atoms with Crippen LogP contribution in [0.2, 0.25) is 0 Å². The van der Waals surface area contributed by atoms with E-state index in [1.165, 1.54) is 30.0 Å². The lowest BCUT2D eigenvalue weighted by Crippen LogP contribution is -2.50. The Balaban J connectivity index is 1.88. The molecule has 1 aromatic carbocycles. The van der Waals surface area contributed by atoms with Crippen LogP contribution in [-0.4, -0.2) is 16.2 Å². The molecule has 0 bridgehead atoms. The van der Waals surface area contributed by atoms with E-state index in [1.807, 2.05) is 0 Å². The van der Waals surface area contributed by atoms with Crippen molar-refractivity contribution in [2.24, 2.45) is 0 Å². The van der Waals surface area contributed by atoms with Gasteiger partial charge in [0.1, 0.15) is 5.66 Å². The maximum Gasteiger partial charge on any atom is 0.110 e. The topological polar surface area (TPSA) is 24.1 Å². The molecule has 3 heteroatoms. The highest BCUT2D eigenvalue weighted by Gasteiger charge is 2.43. The first kappa shape index (κ1) is 10.3. The average molecular weight is 234 g/mol. The fourth-order valence-electron chi connectivity index (χ4n) is 2.83. The molecule has 1 spiro atoms. The van der Waals surface area contributed by atoms with Gasteiger partial charge < -0.3 is 10.6 Å². The highest BCUT2D eigenvalue weighted by atomic mass is 32.2. The number of para-hydroxylation sites is 2. The lowest BCUT2D eigenvalue weighted by atomic mass is 9.94. The molecule has 3 rings (SSSR count). The monoisotopic (exact) mass is 234 g/mol. The second-order valence-corrected chi connectivity index (χ2v) is 7.21. The molecule has 2 heterocycles. The van der Waals surface area contributed by atoms with Gasteiger partial charge in [0.15, 0.2) is 0 Å². The minimum atomic E-state index is 0.0957. The summed E-state index contributed by atoms with van der Waals surface area (Å²) >= 11 is 2.08. The highest BCUT2D eigenvalue weighted by Crippen LogP contribution is 2.46. The molecule has 16 heavy (non-hydrogen) atoms.